The fourth-order valence-electron chi connectivity index (χ4n) is 10.6. The van der Waals surface area contributed by atoms with Gasteiger partial charge < -0.3 is 33.6 Å². The van der Waals surface area contributed by atoms with E-state index in [1.165, 1.54) is 33.5 Å². The molecule has 4 saturated carbocycles. The molecule has 1 saturated heterocycles. The smallest absolute Gasteiger partial charge is 0.303 e. The molecule has 2 heterocycles. The number of furan rings is 1. The van der Waals surface area contributed by atoms with E-state index < -0.39 is 93.8 Å². The molecule has 1 aromatic heterocycles. The maximum absolute atomic E-state index is 15.0. The number of Topliss-reactive ketones (excluding diaryl/α,β-unsaturated/α-hetero) is 2. The van der Waals surface area contributed by atoms with Crippen LogP contribution in [0.5, 0.6) is 0 Å². The Labute approximate surface area is 244 Å². The van der Waals surface area contributed by atoms with E-state index >= 15 is 4.79 Å². The van der Waals surface area contributed by atoms with Crippen molar-refractivity contribution in [2.24, 2.45) is 39.4 Å². The molecule has 0 spiro atoms. The molecule has 6 rings (SSSR count). The monoisotopic (exact) mass is 588 g/mol. The van der Waals surface area contributed by atoms with E-state index in [9.17, 15) is 24.6 Å². The van der Waals surface area contributed by atoms with E-state index in [1.807, 2.05) is 6.92 Å². The molecule has 11 nitrogen and oxygen atoms in total. The summed E-state index contributed by atoms with van der Waals surface area (Å²) in [4.78, 5) is 53.9. The first-order chi connectivity index (χ1) is 19.7. The van der Waals surface area contributed by atoms with Crippen LogP contribution in [0.1, 0.15) is 65.4 Å². The number of carbonyl (C=O) groups is 4. The minimum absolute atomic E-state index is 0.0114. The summed E-state index contributed by atoms with van der Waals surface area (Å²) in [6.45, 7) is 7.81. The van der Waals surface area contributed by atoms with E-state index in [-0.39, 0.29) is 31.7 Å². The maximum Gasteiger partial charge on any atom is 0.303 e. The van der Waals surface area contributed by atoms with E-state index in [4.69, 9.17) is 23.4 Å². The summed E-state index contributed by atoms with van der Waals surface area (Å²) in [6.07, 6.45) is -2.11. The highest BCUT2D eigenvalue weighted by Crippen LogP contribution is 2.75. The Morgan fingerprint density at radius 2 is 1.64 bits per heavy atom. The predicted molar refractivity (Wildman–Crippen MR) is 142 cm³/mol. The number of fused-ring (bicyclic) bond motifs is 3. The molecule has 1 aromatic rings. The van der Waals surface area contributed by atoms with Crippen molar-refractivity contribution in [1.82, 2.24) is 0 Å². The Balaban J connectivity index is 1.57. The van der Waals surface area contributed by atoms with Crippen molar-refractivity contribution >= 4 is 23.5 Å². The van der Waals surface area contributed by atoms with Crippen molar-refractivity contribution in [1.29, 1.82) is 0 Å². The molecular formula is C31H40O11. The third kappa shape index (κ3) is 3.42. The van der Waals surface area contributed by atoms with Crippen LogP contribution in [0, 0.1) is 39.4 Å². The molecule has 2 N–H and O–H groups in total. The predicted octanol–water partition coefficient (Wildman–Crippen LogP) is 2.17. The molecule has 11 heteroatoms. The van der Waals surface area contributed by atoms with Gasteiger partial charge in [-0.25, -0.2) is 0 Å². The van der Waals surface area contributed by atoms with Gasteiger partial charge in [0.2, 0.25) is 0 Å². The lowest BCUT2D eigenvalue weighted by Gasteiger charge is -2.73. The van der Waals surface area contributed by atoms with Gasteiger partial charge >= 0.3 is 11.9 Å². The number of ketones is 2. The lowest BCUT2D eigenvalue weighted by Crippen LogP contribution is -2.80. The van der Waals surface area contributed by atoms with Crippen LogP contribution in [0.4, 0.5) is 0 Å². The number of aliphatic hydroxyl groups is 2. The minimum Gasteiger partial charge on any atom is -0.472 e. The standard InChI is InChI=1S/C31H40O11/c1-14(32)41-22-11-21(36)31-13-40-27(38-6)29(22,4)19(31)10-20(35)30(5)24-18(34)9-17(16-7-8-39-12-16)28(24,3)26(42-15(2)33)23(37)25(30)31/h7-8,12,17,19-22,24-27,35-36H,9-11,13H2,1-6H3/t17-,19+,20-,21+,22-,24+,25+,26+,27?,28-,29+,30+,31-/m1/s1. The summed E-state index contributed by atoms with van der Waals surface area (Å²) in [5.74, 6) is -4.90. The van der Waals surface area contributed by atoms with Crippen molar-refractivity contribution in [2.45, 2.75) is 90.5 Å². The Kier molecular flexibility index (Phi) is 6.63. The number of carbonyl (C=O) groups excluding carboxylic acids is 4. The molecule has 4 aliphatic carbocycles. The molecule has 13 atom stereocenters. The van der Waals surface area contributed by atoms with Gasteiger partial charge in [0, 0.05) is 67.8 Å². The molecule has 0 amide bonds. The van der Waals surface area contributed by atoms with Gasteiger partial charge in [-0.05, 0) is 24.0 Å². The number of rotatable bonds is 4. The van der Waals surface area contributed by atoms with Gasteiger partial charge in [0.05, 0.1) is 36.8 Å². The largest absolute Gasteiger partial charge is 0.472 e. The van der Waals surface area contributed by atoms with Crippen LogP contribution in [-0.4, -0.2) is 78.1 Å². The second-order valence-corrected chi connectivity index (χ2v) is 13.8. The Morgan fingerprint density at radius 1 is 0.952 bits per heavy atom. The molecule has 230 valence electrons. The van der Waals surface area contributed by atoms with Gasteiger partial charge in [-0.3, -0.25) is 19.2 Å². The fourth-order valence-corrected chi connectivity index (χ4v) is 10.6. The Bertz CT molecular complexity index is 1310. The molecule has 1 aliphatic heterocycles. The van der Waals surface area contributed by atoms with Crippen LogP contribution in [0.2, 0.25) is 0 Å². The van der Waals surface area contributed by atoms with Gasteiger partial charge in [-0.15, -0.1) is 0 Å². The summed E-state index contributed by atoms with van der Waals surface area (Å²) >= 11 is 0. The van der Waals surface area contributed by atoms with Crippen molar-refractivity contribution in [3.05, 3.63) is 24.2 Å². The maximum atomic E-state index is 15.0. The van der Waals surface area contributed by atoms with Crippen molar-refractivity contribution < 1.29 is 52.8 Å². The second-order valence-electron chi connectivity index (χ2n) is 13.8. The highest BCUT2D eigenvalue weighted by atomic mass is 16.7. The number of hydrogen-bond acceptors (Lipinski definition) is 11. The number of aliphatic hydroxyl groups excluding tert-OH is 2. The highest BCUT2D eigenvalue weighted by Gasteiger charge is 2.82. The zero-order valence-electron chi connectivity index (χ0n) is 24.8. The summed E-state index contributed by atoms with van der Waals surface area (Å²) in [6, 6.07) is 1.74. The molecule has 5 aliphatic rings. The van der Waals surface area contributed by atoms with Gasteiger partial charge in [-0.1, -0.05) is 20.8 Å². The first kappa shape index (κ1) is 29.5. The number of ether oxygens (including phenoxy) is 4. The lowest BCUT2D eigenvalue weighted by molar-refractivity contribution is -0.375. The van der Waals surface area contributed by atoms with Gasteiger partial charge in [0.15, 0.2) is 18.2 Å². The average molecular weight is 589 g/mol. The zero-order valence-corrected chi connectivity index (χ0v) is 24.8. The van der Waals surface area contributed by atoms with Crippen LogP contribution in [0.15, 0.2) is 23.0 Å². The summed E-state index contributed by atoms with van der Waals surface area (Å²) < 4.78 is 28.9. The Morgan fingerprint density at radius 3 is 2.24 bits per heavy atom. The number of esters is 2. The molecular weight excluding hydrogens is 548 g/mol. The second kappa shape index (κ2) is 9.45. The Hall–Kier alpha value is -2.60. The normalized spacial score (nSPS) is 49.5. The van der Waals surface area contributed by atoms with Crippen molar-refractivity contribution in [3.63, 3.8) is 0 Å². The number of methoxy groups -OCH3 is 1. The number of hydrogen-bond donors (Lipinski definition) is 2. The van der Waals surface area contributed by atoms with Crippen LogP contribution < -0.4 is 0 Å². The SMILES string of the molecule is COC1OC[C@]23[C@@H](O)C[C@@H](OC(C)=O)[C@]1(C)[C@@H]2C[C@@H](O)[C@@]1(C)[C@H]2C(=O)C[C@H](c4ccoc4)[C@@]2(C)[C@@H](OC(C)=O)C(=O)[C@@H]13. The first-order valence-electron chi connectivity index (χ1n) is 14.6. The van der Waals surface area contributed by atoms with E-state index in [2.05, 4.69) is 0 Å². The van der Waals surface area contributed by atoms with Crippen molar-refractivity contribution in [2.75, 3.05) is 13.7 Å². The zero-order chi connectivity index (χ0) is 30.6. The molecule has 2 bridgehead atoms. The molecule has 42 heavy (non-hydrogen) atoms. The van der Waals surface area contributed by atoms with E-state index in [0.29, 0.717) is 5.56 Å². The van der Waals surface area contributed by atoms with Crippen LogP contribution in [0.25, 0.3) is 0 Å². The molecule has 1 unspecified atom stereocenters. The minimum atomic E-state index is -1.33. The lowest BCUT2D eigenvalue weighted by atomic mass is 9.33. The average Bonchev–Trinajstić information content (AvgIpc) is 3.53. The van der Waals surface area contributed by atoms with E-state index in [0.717, 1.165) is 0 Å². The van der Waals surface area contributed by atoms with Gasteiger partial charge in [-0.2, -0.15) is 0 Å². The van der Waals surface area contributed by atoms with Gasteiger partial charge in [0.1, 0.15) is 11.9 Å². The van der Waals surface area contributed by atoms with Crippen molar-refractivity contribution in [3.8, 4) is 0 Å². The molecule has 0 radical (unpaired) electrons. The van der Waals surface area contributed by atoms with Crippen LogP contribution in [0.3, 0.4) is 0 Å². The quantitative estimate of drug-likeness (QED) is 0.497. The first-order valence-corrected chi connectivity index (χ1v) is 14.6. The highest BCUT2D eigenvalue weighted by molar-refractivity contribution is 5.97. The third-order valence-corrected chi connectivity index (χ3v) is 12.1. The fraction of sp³-hybridized carbons (Fsp3) is 0.742. The summed E-state index contributed by atoms with van der Waals surface area (Å²) in [5.41, 5.74) is -4.13. The van der Waals surface area contributed by atoms with Crippen LogP contribution in [-0.2, 0) is 38.1 Å². The summed E-state index contributed by atoms with van der Waals surface area (Å²) in [5, 5.41) is 24.2. The summed E-state index contributed by atoms with van der Waals surface area (Å²) in [7, 11) is 1.48. The van der Waals surface area contributed by atoms with Gasteiger partial charge in [0.25, 0.3) is 0 Å². The topological polar surface area (TPSA) is 159 Å². The molecule has 0 aromatic carbocycles. The third-order valence-electron chi connectivity index (χ3n) is 12.1. The van der Waals surface area contributed by atoms with E-state index in [1.54, 1.807) is 19.9 Å². The van der Waals surface area contributed by atoms with Crippen LogP contribution >= 0.6 is 0 Å². The molecule has 5 fully saturated rings.